The van der Waals surface area contributed by atoms with Crippen LogP contribution < -0.4 is 4.74 Å². The number of aromatic carboxylic acids is 1. The van der Waals surface area contributed by atoms with Crippen LogP contribution in [-0.4, -0.2) is 23.2 Å². The van der Waals surface area contributed by atoms with Gasteiger partial charge in [-0.05, 0) is 12.1 Å². The molecule has 0 aliphatic heterocycles. The molecule has 0 radical (unpaired) electrons. The molecule has 5 heteroatoms. The lowest BCUT2D eigenvalue weighted by Crippen LogP contribution is -1.95. The molecule has 0 aliphatic rings. The van der Waals surface area contributed by atoms with E-state index in [4.69, 9.17) is 9.84 Å². The highest BCUT2D eigenvalue weighted by molar-refractivity contribution is 7.20. The minimum Gasteiger partial charge on any atom is -0.478 e. The van der Waals surface area contributed by atoms with Crippen molar-refractivity contribution in [1.82, 2.24) is 4.98 Å². The second kappa shape index (κ2) is 3.26. The number of methoxy groups -OCH3 is 1. The third kappa shape index (κ3) is 1.31. The van der Waals surface area contributed by atoms with Gasteiger partial charge >= 0.3 is 5.97 Å². The third-order valence-electron chi connectivity index (χ3n) is 1.80. The lowest BCUT2D eigenvalue weighted by atomic mass is 10.2. The van der Waals surface area contributed by atoms with Crippen molar-refractivity contribution in [1.29, 1.82) is 0 Å². The van der Waals surface area contributed by atoms with Gasteiger partial charge in [-0.2, -0.15) is 0 Å². The van der Waals surface area contributed by atoms with Gasteiger partial charge in [-0.25, -0.2) is 9.78 Å². The predicted octanol–water partition coefficient (Wildman–Crippen LogP) is 2.00. The van der Waals surface area contributed by atoms with E-state index in [1.807, 2.05) is 0 Å². The minimum atomic E-state index is -0.943. The Morgan fingerprint density at radius 2 is 2.36 bits per heavy atom. The quantitative estimate of drug-likeness (QED) is 0.821. The lowest BCUT2D eigenvalue weighted by Gasteiger charge is -1.93. The molecule has 0 saturated heterocycles. The molecule has 0 aliphatic carbocycles. The highest BCUT2D eigenvalue weighted by Crippen LogP contribution is 2.30. The molecular weight excluding hydrogens is 202 g/mol. The number of hydrogen-bond acceptors (Lipinski definition) is 4. The van der Waals surface area contributed by atoms with Gasteiger partial charge in [-0.1, -0.05) is 17.4 Å². The van der Waals surface area contributed by atoms with Gasteiger partial charge in [0.05, 0.1) is 22.9 Å². The van der Waals surface area contributed by atoms with E-state index in [0.29, 0.717) is 15.4 Å². The molecule has 2 aromatic rings. The molecule has 0 spiro atoms. The summed E-state index contributed by atoms with van der Waals surface area (Å²) < 4.78 is 5.60. The Kier molecular flexibility index (Phi) is 2.09. The molecule has 0 fully saturated rings. The summed E-state index contributed by atoms with van der Waals surface area (Å²) >= 11 is 1.24. The average molecular weight is 209 g/mol. The summed E-state index contributed by atoms with van der Waals surface area (Å²) in [6, 6.07) is 4.99. The van der Waals surface area contributed by atoms with Crippen molar-refractivity contribution in [2.45, 2.75) is 0 Å². The first kappa shape index (κ1) is 8.96. The van der Waals surface area contributed by atoms with E-state index in [-0.39, 0.29) is 5.56 Å². The summed E-state index contributed by atoms with van der Waals surface area (Å²) in [4.78, 5) is 15.0. The Balaban J connectivity index is 2.73. The van der Waals surface area contributed by atoms with Gasteiger partial charge in [-0.3, -0.25) is 0 Å². The van der Waals surface area contributed by atoms with Crippen molar-refractivity contribution in [2.24, 2.45) is 0 Å². The Bertz CT molecular complexity index is 492. The van der Waals surface area contributed by atoms with Crippen LogP contribution in [0.4, 0.5) is 0 Å². The average Bonchev–Trinajstić information content (AvgIpc) is 2.59. The number of rotatable bonds is 2. The zero-order valence-corrected chi connectivity index (χ0v) is 8.17. The van der Waals surface area contributed by atoms with Crippen molar-refractivity contribution in [3.63, 3.8) is 0 Å². The normalized spacial score (nSPS) is 10.4. The van der Waals surface area contributed by atoms with Crippen LogP contribution in [0.5, 0.6) is 5.19 Å². The smallest absolute Gasteiger partial charge is 0.337 e. The third-order valence-corrected chi connectivity index (χ3v) is 2.87. The first-order valence-corrected chi connectivity index (χ1v) is 4.71. The van der Waals surface area contributed by atoms with Crippen LogP contribution in [0.3, 0.4) is 0 Å². The number of aromatic nitrogens is 1. The fraction of sp³-hybridized carbons (Fsp3) is 0.111. The van der Waals surface area contributed by atoms with Crippen LogP contribution in [0.2, 0.25) is 0 Å². The highest BCUT2D eigenvalue weighted by atomic mass is 32.1. The fourth-order valence-corrected chi connectivity index (χ4v) is 2.07. The minimum absolute atomic E-state index is 0.267. The molecule has 0 saturated carbocycles. The van der Waals surface area contributed by atoms with Gasteiger partial charge < -0.3 is 9.84 Å². The number of fused-ring (bicyclic) bond motifs is 1. The van der Waals surface area contributed by atoms with Crippen LogP contribution in [0.15, 0.2) is 18.2 Å². The van der Waals surface area contributed by atoms with E-state index >= 15 is 0 Å². The second-order valence-electron chi connectivity index (χ2n) is 2.64. The van der Waals surface area contributed by atoms with E-state index in [1.54, 1.807) is 18.2 Å². The number of carboxylic acid groups (broad SMARTS) is 1. The maximum absolute atomic E-state index is 10.9. The maximum Gasteiger partial charge on any atom is 0.337 e. The van der Waals surface area contributed by atoms with Crippen LogP contribution in [0.1, 0.15) is 10.4 Å². The molecule has 4 nitrogen and oxygen atoms in total. The summed E-state index contributed by atoms with van der Waals surface area (Å²) in [7, 11) is 1.51. The molecule has 0 bridgehead atoms. The fourth-order valence-electron chi connectivity index (χ4n) is 1.18. The van der Waals surface area contributed by atoms with E-state index in [1.165, 1.54) is 18.4 Å². The van der Waals surface area contributed by atoms with Gasteiger partial charge in [-0.15, -0.1) is 0 Å². The van der Waals surface area contributed by atoms with E-state index in [2.05, 4.69) is 4.98 Å². The number of hydrogen-bond donors (Lipinski definition) is 1. The number of carbonyl (C=O) groups is 1. The topological polar surface area (TPSA) is 59.4 Å². The van der Waals surface area contributed by atoms with Crippen molar-refractivity contribution < 1.29 is 14.6 Å². The number of benzene rings is 1. The van der Waals surface area contributed by atoms with E-state index in [9.17, 15) is 4.79 Å². The molecule has 1 aromatic heterocycles. The molecule has 1 N–H and O–H groups in total. The maximum atomic E-state index is 10.9. The van der Waals surface area contributed by atoms with Crippen molar-refractivity contribution >= 4 is 27.5 Å². The Morgan fingerprint density at radius 3 is 3.00 bits per heavy atom. The summed E-state index contributed by atoms with van der Waals surface area (Å²) in [6.45, 7) is 0. The summed E-state index contributed by atoms with van der Waals surface area (Å²) in [6.07, 6.45) is 0. The molecule has 14 heavy (non-hydrogen) atoms. The zero-order chi connectivity index (χ0) is 10.1. The van der Waals surface area contributed by atoms with Crippen LogP contribution in [0.25, 0.3) is 10.2 Å². The van der Waals surface area contributed by atoms with E-state index < -0.39 is 5.97 Å². The van der Waals surface area contributed by atoms with Crippen LogP contribution >= 0.6 is 11.3 Å². The first-order chi connectivity index (χ1) is 6.72. The van der Waals surface area contributed by atoms with Gasteiger partial charge in [0.1, 0.15) is 0 Å². The number of ether oxygens (including phenoxy) is 1. The largest absolute Gasteiger partial charge is 0.478 e. The SMILES string of the molecule is COc1nc2cccc(C(=O)O)c2s1. The van der Waals surface area contributed by atoms with Crippen molar-refractivity contribution in [3.8, 4) is 5.19 Å². The predicted molar refractivity (Wildman–Crippen MR) is 53.1 cm³/mol. The van der Waals surface area contributed by atoms with Gasteiger partial charge in [0.25, 0.3) is 5.19 Å². The standard InChI is InChI=1S/C9H7NO3S/c1-13-9-10-6-4-2-3-5(8(11)12)7(6)14-9/h2-4H,1H3,(H,11,12). The zero-order valence-electron chi connectivity index (χ0n) is 7.35. The Hall–Kier alpha value is -1.62. The number of nitrogens with zero attached hydrogens (tertiary/aromatic N) is 1. The van der Waals surface area contributed by atoms with E-state index in [0.717, 1.165) is 0 Å². The molecule has 0 atom stereocenters. The Labute approximate surface area is 83.8 Å². The van der Waals surface area contributed by atoms with Gasteiger partial charge in [0.2, 0.25) is 0 Å². The Morgan fingerprint density at radius 1 is 1.57 bits per heavy atom. The molecule has 1 heterocycles. The summed E-state index contributed by atoms with van der Waals surface area (Å²) in [5.41, 5.74) is 0.926. The van der Waals surface area contributed by atoms with Gasteiger partial charge in [0.15, 0.2) is 0 Å². The first-order valence-electron chi connectivity index (χ1n) is 3.89. The van der Waals surface area contributed by atoms with Crippen LogP contribution in [-0.2, 0) is 0 Å². The number of thiazole rings is 1. The molecule has 0 amide bonds. The molecule has 72 valence electrons. The van der Waals surface area contributed by atoms with Crippen molar-refractivity contribution in [2.75, 3.05) is 7.11 Å². The second-order valence-corrected chi connectivity index (χ2v) is 3.60. The molecule has 0 unspecified atom stereocenters. The lowest BCUT2D eigenvalue weighted by molar-refractivity contribution is 0.0699. The monoisotopic (exact) mass is 209 g/mol. The van der Waals surface area contributed by atoms with Gasteiger partial charge in [0, 0.05) is 0 Å². The number of carboxylic acids is 1. The molecule has 2 rings (SSSR count). The summed E-state index contributed by atoms with van der Waals surface area (Å²) in [5.74, 6) is -0.943. The highest BCUT2D eigenvalue weighted by Gasteiger charge is 2.12. The van der Waals surface area contributed by atoms with Crippen molar-refractivity contribution in [3.05, 3.63) is 23.8 Å². The molecule has 1 aromatic carbocycles. The van der Waals surface area contributed by atoms with Crippen LogP contribution in [0, 0.1) is 0 Å². The summed E-state index contributed by atoms with van der Waals surface area (Å²) in [5, 5.41) is 9.38. The molecular formula is C9H7NO3S.